The molecule has 0 aromatic heterocycles. The normalized spacial score (nSPS) is 41.4. The molecule has 19 heavy (non-hydrogen) atoms. The first kappa shape index (κ1) is 14.2. The summed E-state index contributed by atoms with van der Waals surface area (Å²) in [6.07, 6.45) is 12.3. The molecule has 0 amide bonds. The van der Waals surface area contributed by atoms with Gasteiger partial charge in [0.05, 0.1) is 0 Å². The maximum absolute atomic E-state index is 3.83. The minimum Gasteiger partial charge on any atom is -0.311 e. The second-order valence-corrected chi connectivity index (χ2v) is 7.92. The molecule has 2 nitrogen and oxygen atoms in total. The van der Waals surface area contributed by atoms with Crippen molar-refractivity contribution < 1.29 is 0 Å². The van der Waals surface area contributed by atoms with Gasteiger partial charge in [-0.3, -0.25) is 4.90 Å². The van der Waals surface area contributed by atoms with E-state index in [1.165, 1.54) is 58.0 Å². The number of piperazine rings is 1. The molecule has 3 heteroatoms. The summed E-state index contributed by atoms with van der Waals surface area (Å²) in [5.74, 6) is 1.00. The van der Waals surface area contributed by atoms with E-state index in [9.17, 15) is 0 Å². The summed E-state index contributed by atoms with van der Waals surface area (Å²) in [7, 11) is 0. The van der Waals surface area contributed by atoms with Crippen molar-refractivity contribution >= 4 is 11.8 Å². The number of nitrogens with one attached hydrogen (secondary N) is 1. The summed E-state index contributed by atoms with van der Waals surface area (Å²) in [5.41, 5.74) is 0. The van der Waals surface area contributed by atoms with Gasteiger partial charge < -0.3 is 5.32 Å². The summed E-state index contributed by atoms with van der Waals surface area (Å²) in [6.45, 7) is 4.93. The molecule has 1 aliphatic heterocycles. The highest BCUT2D eigenvalue weighted by molar-refractivity contribution is 7.99. The first-order valence-corrected chi connectivity index (χ1v) is 9.62. The molecular weight excluding hydrogens is 252 g/mol. The molecule has 3 fully saturated rings. The fraction of sp³-hybridized carbons (Fsp3) is 1.00. The highest BCUT2D eigenvalue weighted by Gasteiger charge is 2.39. The first-order chi connectivity index (χ1) is 9.31. The van der Waals surface area contributed by atoms with Crippen molar-refractivity contribution in [3.05, 3.63) is 0 Å². The lowest BCUT2D eigenvalue weighted by Crippen LogP contribution is -2.60. The third kappa shape index (κ3) is 3.30. The predicted octanol–water partition coefficient (Wildman–Crippen LogP) is 3.12. The van der Waals surface area contributed by atoms with Gasteiger partial charge in [0.2, 0.25) is 0 Å². The zero-order valence-corrected chi connectivity index (χ0v) is 13.4. The maximum atomic E-state index is 3.83. The molecule has 2 saturated carbocycles. The van der Waals surface area contributed by atoms with Crippen molar-refractivity contribution in [2.45, 2.75) is 75.2 Å². The standard InChI is InChI=1S/C16H30N2S/c1-3-13-10-17-16(12-4-5-12)11-18(13)14-6-8-15(19-2)9-7-14/h12-17H,3-11H2,1-2H3. The molecule has 3 rings (SSSR count). The van der Waals surface area contributed by atoms with Crippen LogP contribution in [0, 0.1) is 5.92 Å². The Labute approximate surface area is 123 Å². The summed E-state index contributed by atoms with van der Waals surface area (Å²) >= 11 is 2.09. The Kier molecular flexibility index (Phi) is 4.76. The second kappa shape index (κ2) is 6.36. The number of thioether (sulfide) groups is 1. The number of nitrogens with zero attached hydrogens (tertiary/aromatic N) is 1. The Balaban J connectivity index is 1.59. The molecule has 2 aliphatic carbocycles. The van der Waals surface area contributed by atoms with Gasteiger partial charge in [-0.1, -0.05) is 6.92 Å². The Bertz CT molecular complexity index is 284. The Morgan fingerprint density at radius 3 is 2.42 bits per heavy atom. The van der Waals surface area contributed by atoms with Crippen molar-refractivity contribution in [3.8, 4) is 0 Å². The van der Waals surface area contributed by atoms with Gasteiger partial charge >= 0.3 is 0 Å². The summed E-state index contributed by atoms with van der Waals surface area (Å²) in [5, 5.41) is 4.77. The number of hydrogen-bond donors (Lipinski definition) is 1. The van der Waals surface area contributed by atoms with E-state index in [1.54, 1.807) is 0 Å². The highest BCUT2D eigenvalue weighted by Crippen LogP contribution is 2.37. The van der Waals surface area contributed by atoms with Crippen LogP contribution >= 0.6 is 11.8 Å². The van der Waals surface area contributed by atoms with E-state index >= 15 is 0 Å². The Morgan fingerprint density at radius 2 is 1.84 bits per heavy atom. The molecule has 3 aliphatic rings. The van der Waals surface area contributed by atoms with Gasteiger partial charge in [0.25, 0.3) is 0 Å². The minimum atomic E-state index is 0.797. The van der Waals surface area contributed by atoms with Crippen molar-refractivity contribution in [2.75, 3.05) is 19.3 Å². The molecule has 1 N–H and O–H groups in total. The maximum Gasteiger partial charge on any atom is 0.0224 e. The van der Waals surface area contributed by atoms with E-state index in [4.69, 9.17) is 0 Å². The number of rotatable bonds is 4. The summed E-state index contributed by atoms with van der Waals surface area (Å²) < 4.78 is 0. The van der Waals surface area contributed by atoms with Gasteiger partial charge in [-0.15, -0.1) is 0 Å². The van der Waals surface area contributed by atoms with E-state index < -0.39 is 0 Å². The smallest absolute Gasteiger partial charge is 0.0224 e. The van der Waals surface area contributed by atoms with Crippen molar-refractivity contribution in [3.63, 3.8) is 0 Å². The lowest BCUT2D eigenvalue weighted by molar-refractivity contribution is 0.0558. The van der Waals surface area contributed by atoms with Crippen LogP contribution < -0.4 is 5.32 Å². The van der Waals surface area contributed by atoms with Crippen LogP contribution in [0.15, 0.2) is 0 Å². The molecule has 110 valence electrons. The van der Waals surface area contributed by atoms with Crippen LogP contribution in [0.4, 0.5) is 0 Å². The van der Waals surface area contributed by atoms with Crippen molar-refractivity contribution in [1.82, 2.24) is 10.2 Å². The second-order valence-electron chi connectivity index (χ2n) is 6.78. The molecule has 1 saturated heterocycles. The molecule has 0 radical (unpaired) electrons. The van der Waals surface area contributed by atoms with Crippen LogP contribution in [-0.4, -0.2) is 47.6 Å². The predicted molar refractivity (Wildman–Crippen MR) is 84.9 cm³/mol. The van der Waals surface area contributed by atoms with Crippen LogP contribution in [0.3, 0.4) is 0 Å². The average molecular weight is 282 g/mol. The quantitative estimate of drug-likeness (QED) is 0.853. The molecule has 0 aromatic carbocycles. The van der Waals surface area contributed by atoms with Crippen molar-refractivity contribution in [2.24, 2.45) is 5.92 Å². The van der Waals surface area contributed by atoms with Crippen LogP contribution in [0.2, 0.25) is 0 Å². The fourth-order valence-electron chi connectivity index (χ4n) is 4.10. The van der Waals surface area contributed by atoms with Crippen LogP contribution in [-0.2, 0) is 0 Å². The molecular formula is C16H30N2S. The van der Waals surface area contributed by atoms with Crippen LogP contribution in [0.5, 0.6) is 0 Å². The molecule has 0 aromatic rings. The molecule has 0 spiro atoms. The van der Waals surface area contributed by atoms with Crippen molar-refractivity contribution in [1.29, 1.82) is 0 Å². The molecule has 2 unspecified atom stereocenters. The Morgan fingerprint density at radius 1 is 1.11 bits per heavy atom. The van der Waals surface area contributed by atoms with E-state index in [1.807, 2.05) is 0 Å². The van der Waals surface area contributed by atoms with Gasteiger partial charge in [0.1, 0.15) is 0 Å². The van der Waals surface area contributed by atoms with Gasteiger partial charge in [-0.2, -0.15) is 11.8 Å². The van der Waals surface area contributed by atoms with E-state index in [-0.39, 0.29) is 0 Å². The molecule has 1 heterocycles. The van der Waals surface area contributed by atoms with Gasteiger partial charge in [0, 0.05) is 36.5 Å². The third-order valence-corrected chi connectivity index (χ3v) is 6.74. The zero-order chi connectivity index (χ0) is 13.2. The van der Waals surface area contributed by atoms with Gasteiger partial charge in [0.15, 0.2) is 0 Å². The SMILES string of the molecule is CCC1CNC(C2CC2)CN1C1CCC(SC)CC1. The Hall–Kier alpha value is 0.270. The summed E-state index contributed by atoms with van der Waals surface area (Å²) in [4.78, 5) is 2.90. The first-order valence-electron chi connectivity index (χ1n) is 8.33. The third-order valence-electron chi connectivity index (χ3n) is 5.60. The lowest BCUT2D eigenvalue weighted by Gasteiger charge is -2.46. The largest absolute Gasteiger partial charge is 0.311 e. The molecule has 0 bridgehead atoms. The van der Waals surface area contributed by atoms with Crippen LogP contribution in [0.1, 0.15) is 51.9 Å². The average Bonchev–Trinajstić information content (AvgIpc) is 3.31. The van der Waals surface area contributed by atoms with E-state index in [2.05, 4.69) is 35.2 Å². The van der Waals surface area contributed by atoms with Gasteiger partial charge in [-0.25, -0.2) is 0 Å². The fourth-order valence-corrected chi connectivity index (χ4v) is 4.84. The topological polar surface area (TPSA) is 15.3 Å². The lowest BCUT2D eigenvalue weighted by atomic mass is 9.90. The summed E-state index contributed by atoms with van der Waals surface area (Å²) in [6, 6.07) is 2.49. The zero-order valence-electron chi connectivity index (χ0n) is 12.6. The van der Waals surface area contributed by atoms with E-state index in [0.717, 1.165) is 29.3 Å². The van der Waals surface area contributed by atoms with Crippen LogP contribution in [0.25, 0.3) is 0 Å². The number of hydrogen-bond acceptors (Lipinski definition) is 3. The molecule has 2 atom stereocenters. The van der Waals surface area contributed by atoms with E-state index in [0.29, 0.717) is 0 Å². The monoisotopic (exact) mass is 282 g/mol. The van der Waals surface area contributed by atoms with Gasteiger partial charge in [-0.05, 0) is 57.1 Å². The minimum absolute atomic E-state index is 0.797. The highest BCUT2D eigenvalue weighted by atomic mass is 32.2.